The summed E-state index contributed by atoms with van der Waals surface area (Å²) in [4.78, 5) is 16.2. The van der Waals surface area contributed by atoms with Gasteiger partial charge in [-0.3, -0.25) is 4.79 Å². The van der Waals surface area contributed by atoms with E-state index < -0.39 is 0 Å². The molecule has 1 heterocycles. The number of nitrogens with zero attached hydrogens (tertiary/aromatic N) is 2. The fourth-order valence-corrected chi connectivity index (χ4v) is 3.68. The standard InChI is InChI=1S/C27H26N2O3/c1-2-25(30)31-23-17-9-11-20(19-23)12-10-18-24-28-27(29-32-24)26(21-13-5-3-6-14-21)22-15-7-4-8-16-22/h3-9,11,13-17,19,26H,2,10,12,18H2,1H3. The number of benzene rings is 3. The maximum absolute atomic E-state index is 11.5. The minimum absolute atomic E-state index is 0.0696. The van der Waals surface area contributed by atoms with Gasteiger partial charge in [0.2, 0.25) is 5.89 Å². The summed E-state index contributed by atoms with van der Waals surface area (Å²) in [5, 5.41) is 4.31. The lowest BCUT2D eigenvalue weighted by atomic mass is 9.91. The summed E-state index contributed by atoms with van der Waals surface area (Å²) in [6.07, 6.45) is 2.73. The molecule has 0 aliphatic heterocycles. The van der Waals surface area contributed by atoms with Gasteiger partial charge in [-0.25, -0.2) is 0 Å². The van der Waals surface area contributed by atoms with E-state index in [0.717, 1.165) is 29.5 Å². The Labute approximate surface area is 188 Å². The molecule has 1 aromatic heterocycles. The van der Waals surface area contributed by atoms with Crippen molar-refractivity contribution >= 4 is 5.97 Å². The summed E-state index contributed by atoms with van der Waals surface area (Å²) in [5.41, 5.74) is 3.37. The zero-order chi connectivity index (χ0) is 22.2. The molecule has 32 heavy (non-hydrogen) atoms. The van der Waals surface area contributed by atoms with Crippen LogP contribution in [0.4, 0.5) is 0 Å². The number of hydrogen-bond acceptors (Lipinski definition) is 5. The highest BCUT2D eigenvalue weighted by Crippen LogP contribution is 2.30. The number of esters is 1. The molecule has 0 radical (unpaired) electrons. The van der Waals surface area contributed by atoms with Crippen molar-refractivity contribution < 1.29 is 14.1 Å². The molecule has 0 bridgehead atoms. The molecule has 162 valence electrons. The van der Waals surface area contributed by atoms with Crippen LogP contribution >= 0.6 is 0 Å². The van der Waals surface area contributed by atoms with Crippen LogP contribution in [0.15, 0.2) is 89.5 Å². The zero-order valence-corrected chi connectivity index (χ0v) is 18.1. The second-order valence-electron chi connectivity index (χ2n) is 7.63. The van der Waals surface area contributed by atoms with E-state index in [1.165, 1.54) is 0 Å². The third-order valence-corrected chi connectivity index (χ3v) is 5.28. The SMILES string of the molecule is CCC(=O)Oc1cccc(CCCc2nc(C(c3ccccc3)c3ccccc3)no2)c1. The van der Waals surface area contributed by atoms with E-state index in [9.17, 15) is 4.79 Å². The molecule has 0 unspecified atom stereocenters. The molecule has 4 rings (SSSR count). The summed E-state index contributed by atoms with van der Waals surface area (Å²) >= 11 is 0. The fraction of sp³-hybridized carbons (Fsp3) is 0.222. The van der Waals surface area contributed by atoms with Gasteiger partial charge < -0.3 is 9.26 Å². The van der Waals surface area contributed by atoms with Gasteiger partial charge in [0.05, 0.1) is 5.92 Å². The second kappa shape index (κ2) is 10.5. The van der Waals surface area contributed by atoms with Gasteiger partial charge >= 0.3 is 5.97 Å². The van der Waals surface area contributed by atoms with E-state index in [0.29, 0.717) is 30.3 Å². The highest BCUT2D eigenvalue weighted by Gasteiger charge is 2.22. The molecule has 0 atom stereocenters. The van der Waals surface area contributed by atoms with E-state index in [-0.39, 0.29) is 11.9 Å². The molecule has 5 heteroatoms. The van der Waals surface area contributed by atoms with Crippen molar-refractivity contribution in [2.45, 2.75) is 38.5 Å². The van der Waals surface area contributed by atoms with E-state index in [2.05, 4.69) is 29.4 Å². The van der Waals surface area contributed by atoms with Crippen LogP contribution in [0.25, 0.3) is 0 Å². The zero-order valence-electron chi connectivity index (χ0n) is 18.1. The predicted molar refractivity (Wildman–Crippen MR) is 123 cm³/mol. The average Bonchev–Trinajstić information content (AvgIpc) is 3.29. The van der Waals surface area contributed by atoms with Gasteiger partial charge in [-0.05, 0) is 41.7 Å². The van der Waals surface area contributed by atoms with Crippen molar-refractivity contribution in [2.75, 3.05) is 0 Å². The van der Waals surface area contributed by atoms with Crippen LogP contribution in [0, 0.1) is 0 Å². The number of carbonyl (C=O) groups excluding carboxylic acids is 1. The van der Waals surface area contributed by atoms with Crippen LogP contribution in [0.1, 0.15) is 54.1 Å². The highest BCUT2D eigenvalue weighted by atomic mass is 16.5. The lowest BCUT2D eigenvalue weighted by Gasteiger charge is -2.14. The summed E-state index contributed by atoms with van der Waals surface area (Å²) in [7, 11) is 0. The third-order valence-electron chi connectivity index (χ3n) is 5.28. The first kappa shape index (κ1) is 21.5. The molecule has 0 saturated heterocycles. The van der Waals surface area contributed by atoms with Gasteiger partial charge in [0, 0.05) is 12.8 Å². The van der Waals surface area contributed by atoms with Crippen molar-refractivity contribution in [3.63, 3.8) is 0 Å². The summed E-state index contributed by atoms with van der Waals surface area (Å²) in [6.45, 7) is 1.78. The lowest BCUT2D eigenvalue weighted by Crippen LogP contribution is -2.05. The van der Waals surface area contributed by atoms with Crippen molar-refractivity contribution in [1.82, 2.24) is 10.1 Å². The summed E-state index contributed by atoms with van der Waals surface area (Å²) in [6, 6.07) is 28.1. The summed E-state index contributed by atoms with van der Waals surface area (Å²) in [5.74, 6) is 1.59. The van der Waals surface area contributed by atoms with Crippen molar-refractivity contribution in [3.8, 4) is 5.75 Å². The van der Waals surface area contributed by atoms with Gasteiger partial charge in [-0.1, -0.05) is 84.9 Å². The van der Waals surface area contributed by atoms with Crippen molar-refractivity contribution in [2.24, 2.45) is 0 Å². The van der Waals surface area contributed by atoms with Gasteiger partial charge in [0.15, 0.2) is 5.82 Å². The maximum atomic E-state index is 11.5. The first-order valence-electron chi connectivity index (χ1n) is 10.9. The number of aromatic nitrogens is 2. The van der Waals surface area contributed by atoms with Crippen LogP contribution in [0.3, 0.4) is 0 Å². The molecule has 0 saturated carbocycles. The molecule has 0 N–H and O–H groups in total. The van der Waals surface area contributed by atoms with Gasteiger partial charge in [-0.15, -0.1) is 0 Å². The average molecular weight is 427 g/mol. The van der Waals surface area contributed by atoms with Gasteiger partial charge in [0.1, 0.15) is 5.75 Å². The predicted octanol–water partition coefficient (Wildman–Crippen LogP) is 5.74. The molecule has 0 spiro atoms. The smallest absolute Gasteiger partial charge is 0.310 e. The largest absolute Gasteiger partial charge is 0.427 e. The Morgan fingerprint density at radius 2 is 1.59 bits per heavy atom. The molecule has 3 aromatic carbocycles. The Hall–Kier alpha value is -3.73. The molecule has 0 fully saturated rings. The van der Waals surface area contributed by atoms with Crippen molar-refractivity contribution in [3.05, 3.63) is 113 Å². The first-order chi connectivity index (χ1) is 15.7. The fourth-order valence-electron chi connectivity index (χ4n) is 3.68. The Kier molecular flexibility index (Phi) is 7.08. The van der Waals surface area contributed by atoms with E-state index in [1.54, 1.807) is 13.0 Å². The quantitative estimate of drug-likeness (QED) is 0.252. The van der Waals surface area contributed by atoms with Crippen LogP contribution in [-0.4, -0.2) is 16.1 Å². The minimum Gasteiger partial charge on any atom is -0.427 e. The Morgan fingerprint density at radius 3 is 2.25 bits per heavy atom. The Balaban J connectivity index is 1.43. The number of carbonyl (C=O) groups is 1. The van der Waals surface area contributed by atoms with Crippen LogP contribution in [-0.2, 0) is 17.6 Å². The van der Waals surface area contributed by atoms with E-state index in [4.69, 9.17) is 14.2 Å². The van der Waals surface area contributed by atoms with Crippen LogP contribution in [0.2, 0.25) is 0 Å². The number of hydrogen-bond donors (Lipinski definition) is 0. The van der Waals surface area contributed by atoms with Gasteiger partial charge in [0.25, 0.3) is 0 Å². The first-order valence-corrected chi connectivity index (χ1v) is 10.9. The Bertz CT molecular complexity index is 1100. The summed E-state index contributed by atoms with van der Waals surface area (Å²) < 4.78 is 10.9. The van der Waals surface area contributed by atoms with E-state index in [1.807, 2.05) is 54.6 Å². The number of rotatable bonds is 9. The lowest BCUT2D eigenvalue weighted by molar-refractivity contribution is -0.134. The normalized spacial score (nSPS) is 10.9. The maximum Gasteiger partial charge on any atom is 0.310 e. The third kappa shape index (κ3) is 5.49. The van der Waals surface area contributed by atoms with Crippen molar-refractivity contribution in [1.29, 1.82) is 0 Å². The molecule has 5 nitrogen and oxygen atoms in total. The van der Waals surface area contributed by atoms with Crippen LogP contribution in [0.5, 0.6) is 5.75 Å². The molecule has 4 aromatic rings. The molecular weight excluding hydrogens is 400 g/mol. The molecule has 0 amide bonds. The highest BCUT2D eigenvalue weighted by molar-refractivity contribution is 5.71. The molecule has 0 aliphatic carbocycles. The number of aryl methyl sites for hydroxylation is 2. The van der Waals surface area contributed by atoms with Gasteiger partial charge in [-0.2, -0.15) is 4.98 Å². The molecule has 0 aliphatic rings. The van der Waals surface area contributed by atoms with Crippen LogP contribution < -0.4 is 4.74 Å². The topological polar surface area (TPSA) is 65.2 Å². The minimum atomic E-state index is -0.230. The second-order valence-corrected chi connectivity index (χ2v) is 7.63. The molecular formula is C27H26N2O3. The Morgan fingerprint density at radius 1 is 0.906 bits per heavy atom. The number of ether oxygens (including phenoxy) is 1. The van der Waals surface area contributed by atoms with E-state index >= 15 is 0 Å². The monoisotopic (exact) mass is 426 g/mol.